The lowest BCUT2D eigenvalue weighted by atomic mass is 9.87. The van der Waals surface area contributed by atoms with Crippen LogP contribution in [0, 0.1) is 0 Å². The molecule has 20 heavy (non-hydrogen) atoms. The van der Waals surface area contributed by atoms with Crippen molar-refractivity contribution in [2.45, 2.75) is 18.8 Å². The second-order valence-electron chi connectivity index (χ2n) is 4.67. The Morgan fingerprint density at radius 1 is 0.850 bits per heavy atom. The SMILES string of the molecule is O=C(O)CCC(c1ccc(O)cc1)c1ccc(O)cc1. The lowest BCUT2D eigenvalue weighted by Crippen LogP contribution is -2.05. The third-order valence-electron chi connectivity index (χ3n) is 3.24. The summed E-state index contributed by atoms with van der Waals surface area (Å²) in [6.07, 6.45) is 0.525. The molecule has 2 aromatic rings. The van der Waals surface area contributed by atoms with E-state index in [0.717, 1.165) is 11.1 Å². The molecule has 4 heteroatoms. The van der Waals surface area contributed by atoms with Gasteiger partial charge in [0, 0.05) is 12.3 Å². The Hall–Kier alpha value is -2.49. The summed E-state index contributed by atoms with van der Waals surface area (Å²) >= 11 is 0. The number of aliphatic carboxylic acids is 1. The molecule has 0 saturated carbocycles. The summed E-state index contributed by atoms with van der Waals surface area (Å²) in [4.78, 5) is 10.8. The number of rotatable bonds is 5. The van der Waals surface area contributed by atoms with Crippen molar-refractivity contribution in [1.82, 2.24) is 0 Å². The summed E-state index contributed by atoms with van der Waals surface area (Å²) in [5.41, 5.74) is 1.88. The lowest BCUT2D eigenvalue weighted by molar-refractivity contribution is -0.137. The maximum atomic E-state index is 10.8. The second-order valence-corrected chi connectivity index (χ2v) is 4.67. The first kappa shape index (κ1) is 13.9. The molecule has 0 atom stereocenters. The van der Waals surface area contributed by atoms with E-state index in [1.54, 1.807) is 48.5 Å². The molecule has 0 bridgehead atoms. The Morgan fingerprint density at radius 2 is 1.25 bits per heavy atom. The first-order valence-electron chi connectivity index (χ1n) is 6.36. The van der Waals surface area contributed by atoms with Gasteiger partial charge in [-0.15, -0.1) is 0 Å². The van der Waals surface area contributed by atoms with E-state index < -0.39 is 5.97 Å². The second kappa shape index (κ2) is 6.10. The number of hydrogen-bond donors (Lipinski definition) is 3. The molecule has 0 radical (unpaired) electrons. The van der Waals surface area contributed by atoms with Crippen LogP contribution >= 0.6 is 0 Å². The largest absolute Gasteiger partial charge is 0.508 e. The van der Waals surface area contributed by atoms with E-state index in [1.807, 2.05) is 0 Å². The summed E-state index contributed by atoms with van der Waals surface area (Å²) in [5, 5.41) is 27.5. The molecule has 0 aliphatic heterocycles. The average molecular weight is 272 g/mol. The highest BCUT2D eigenvalue weighted by Gasteiger charge is 2.15. The van der Waals surface area contributed by atoms with Gasteiger partial charge in [-0.25, -0.2) is 0 Å². The molecule has 0 aliphatic carbocycles. The molecule has 0 heterocycles. The number of phenols is 2. The predicted octanol–water partition coefficient (Wildman–Crippen LogP) is 3.09. The predicted molar refractivity (Wildman–Crippen MR) is 74.9 cm³/mol. The zero-order valence-electron chi connectivity index (χ0n) is 10.9. The molecule has 4 nitrogen and oxygen atoms in total. The zero-order valence-corrected chi connectivity index (χ0v) is 10.9. The summed E-state index contributed by atoms with van der Waals surface area (Å²) in [6, 6.07) is 13.5. The number of hydrogen-bond acceptors (Lipinski definition) is 3. The normalized spacial score (nSPS) is 10.7. The van der Waals surface area contributed by atoms with Crippen molar-refractivity contribution in [2.75, 3.05) is 0 Å². The van der Waals surface area contributed by atoms with E-state index in [1.165, 1.54) is 0 Å². The fourth-order valence-corrected chi connectivity index (χ4v) is 2.21. The quantitative estimate of drug-likeness (QED) is 0.781. The van der Waals surface area contributed by atoms with Gasteiger partial charge in [-0.3, -0.25) is 4.79 Å². The van der Waals surface area contributed by atoms with Gasteiger partial charge < -0.3 is 15.3 Å². The highest BCUT2D eigenvalue weighted by atomic mass is 16.4. The maximum Gasteiger partial charge on any atom is 0.303 e. The van der Waals surface area contributed by atoms with Gasteiger partial charge in [-0.1, -0.05) is 24.3 Å². The number of benzene rings is 2. The monoisotopic (exact) mass is 272 g/mol. The van der Waals surface area contributed by atoms with Crippen molar-refractivity contribution in [2.24, 2.45) is 0 Å². The molecular weight excluding hydrogens is 256 g/mol. The van der Waals surface area contributed by atoms with Crippen LogP contribution in [0.1, 0.15) is 29.9 Å². The van der Waals surface area contributed by atoms with Crippen LogP contribution in [-0.2, 0) is 4.79 Å². The van der Waals surface area contributed by atoms with Crippen LogP contribution in [0.25, 0.3) is 0 Å². The number of phenolic OH excluding ortho intramolecular Hbond substituents is 2. The number of carbonyl (C=O) groups is 1. The lowest BCUT2D eigenvalue weighted by Gasteiger charge is -2.17. The minimum atomic E-state index is -0.840. The summed E-state index contributed by atoms with van der Waals surface area (Å²) in [7, 11) is 0. The Morgan fingerprint density at radius 3 is 1.60 bits per heavy atom. The van der Waals surface area contributed by atoms with E-state index in [9.17, 15) is 15.0 Å². The Kier molecular flexibility index (Phi) is 4.25. The zero-order chi connectivity index (χ0) is 14.5. The number of carboxylic acids is 1. The molecule has 0 saturated heterocycles. The summed E-state index contributed by atoms with van der Waals surface area (Å²) < 4.78 is 0. The van der Waals surface area contributed by atoms with Gasteiger partial charge in [-0.05, 0) is 41.8 Å². The minimum absolute atomic E-state index is 0.0619. The Bertz CT molecular complexity index is 527. The third kappa shape index (κ3) is 3.51. The van der Waals surface area contributed by atoms with E-state index in [-0.39, 0.29) is 23.8 Å². The van der Waals surface area contributed by atoms with E-state index in [4.69, 9.17) is 5.11 Å². The molecule has 0 amide bonds. The van der Waals surface area contributed by atoms with Crippen LogP contribution in [0.3, 0.4) is 0 Å². The summed E-state index contributed by atoms with van der Waals surface area (Å²) in [6.45, 7) is 0. The van der Waals surface area contributed by atoms with Crippen LogP contribution in [0.5, 0.6) is 11.5 Å². The molecule has 104 valence electrons. The van der Waals surface area contributed by atoms with Crippen molar-refractivity contribution >= 4 is 5.97 Å². The highest BCUT2D eigenvalue weighted by Crippen LogP contribution is 2.31. The van der Waals surface area contributed by atoms with Gasteiger partial charge in [0.1, 0.15) is 11.5 Å². The fraction of sp³-hybridized carbons (Fsp3) is 0.188. The van der Waals surface area contributed by atoms with Crippen LogP contribution in [0.4, 0.5) is 0 Å². The van der Waals surface area contributed by atoms with Gasteiger partial charge >= 0.3 is 5.97 Å². The first-order valence-corrected chi connectivity index (χ1v) is 6.36. The van der Waals surface area contributed by atoms with Crippen LogP contribution < -0.4 is 0 Å². The van der Waals surface area contributed by atoms with Crippen molar-refractivity contribution in [3.05, 3.63) is 59.7 Å². The highest BCUT2D eigenvalue weighted by molar-refractivity contribution is 5.66. The molecule has 2 rings (SSSR count). The molecule has 0 unspecified atom stereocenters. The van der Waals surface area contributed by atoms with Crippen LogP contribution in [0.15, 0.2) is 48.5 Å². The molecular formula is C16H16O4. The van der Waals surface area contributed by atoms with Gasteiger partial charge in [0.2, 0.25) is 0 Å². The molecule has 2 aromatic carbocycles. The first-order chi connectivity index (χ1) is 9.56. The Balaban J connectivity index is 2.30. The van der Waals surface area contributed by atoms with Crippen LogP contribution in [0.2, 0.25) is 0 Å². The molecule has 0 aliphatic rings. The van der Waals surface area contributed by atoms with Crippen molar-refractivity contribution in [1.29, 1.82) is 0 Å². The fourth-order valence-electron chi connectivity index (χ4n) is 2.21. The number of carboxylic acid groups (broad SMARTS) is 1. The topological polar surface area (TPSA) is 77.8 Å². The minimum Gasteiger partial charge on any atom is -0.508 e. The van der Waals surface area contributed by atoms with Gasteiger partial charge in [0.25, 0.3) is 0 Å². The van der Waals surface area contributed by atoms with Gasteiger partial charge in [0.15, 0.2) is 0 Å². The van der Waals surface area contributed by atoms with Crippen molar-refractivity contribution in [3.8, 4) is 11.5 Å². The van der Waals surface area contributed by atoms with Crippen LogP contribution in [-0.4, -0.2) is 21.3 Å². The molecule has 0 spiro atoms. The Labute approximate surface area is 116 Å². The molecule has 0 aromatic heterocycles. The van der Waals surface area contributed by atoms with Gasteiger partial charge in [0.05, 0.1) is 0 Å². The standard InChI is InChI=1S/C16H16O4/c17-13-5-1-11(2-6-13)15(9-10-16(19)20)12-3-7-14(18)8-4-12/h1-8,15,17-18H,9-10H2,(H,19,20). The maximum absolute atomic E-state index is 10.8. The van der Waals surface area contributed by atoms with Crippen molar-refractivity contribution in [3.63, 3.8) is 0 Å². The smallest absolute Gasteiger partial charge is 0.303 e. The van der Waals surface area contributed by atoms with Crippen molar-refractivity contribution < 1.29 is 20.1 Å². The summed E-state index contributed by atoms with van der Waals surface area (Å²) in [5.74, 6) is -0.562. The average Bonchev–Trinajstić information content (AvgIpc) is 2.42. The van der Waals surface area contributed by atoms with E-state index in [0.29, 0.717) is 6.42 Å². The van der Waals surface area contributed by atoms with E-state index >= 15 is 0 Å². The van der Waals surface area contributed by atoms with Gasteiger partial charge in [-0.2, -0.15) is 0 Å². The number of aromatic hydroxyl groups is 2. The third-order valence-corrected chi connectivity index (χ3v) is 3.24. The molecule has 0 fully saturated rings. The van der Waals surface area contributed by atoms with E-state index in [2.05, 4.69) is 0 Å². The molecule has 3 N–H and O–H groups in total.